The summed E-state index contributed by atoms with van der Waals surface area (Å²) in [5, 5.41) is 0. The highest BCUT2D eigenvalue weighted by molar-refractivity contribution is 9.10. The minimum Gasteiger partial charge on any atom is -0.496 e. The third kappa shape index (κ3) is 3.74. The van der Waals surface area contributed by atoms with Crippen molar-refractivity contribution in [2.24, 2.45) is 4.99 Å². The predicted octanol–water partition coefficient (Wildman–Crippen LogP) is 5.30. The van der Waals surface area contributed by atoms with Crippen LogP contribution in [0.1, 0.15) is 11.1 Å². The summed E-state index contributed by atoms with van der Waals surface area (Å²) in [6.45, 7) is 0. The Labute approximate surface area is 183 Å². The summed E-state index contributed by atoms with van der Waals surface area (Å²) in [5.74, 6) is 1.61. The van der Waals surface area contributed by atoms with E-state index in [0.717, 1.165) is 21.3 Å². The summed E-state index contributed by atoms with van der Waals surface area (Å²) >= 11 is 3.45. The van der Waals surface area contributed by atoms with Crippen LogP contribution >= 0.6 is 15.9 Å². The summed E-state index contributed by atoms with van der Waals surface area (Å²) in [7, 11) is 3.21. The molecule has 5 nitrogen and oxygen atoms in total. The third-order valence-corrected chi connectivity index (χ3v) is 5.25. The Morgan fingerprint density at radius 3 is 2.20 bits per heavy atom. The highest BCUT2D eigenvalue weighted by Crippen LogP contribution is 2.32. The quantitative estimate of drug-likeness (QED) is 0.483. The van der Waals surface area contributed by atoms with Gasteiger partial charge in [-0.15, -0.1) is 0 Å². The van der Waals surface area contributed by atoms with Gasteiger partial charge in [-0.05, 0) is 48.5 Å². The fourth-order valence-corrected chi connectivity index (χ4v) is 3.55. The summed E-state index contributed by atoms with van der Waals surface area (Å²) < 4.78 is 11.9. The highest BCUT2D eigenvalue weighted by atomic mass is 79.9. The Balaban J connectivity index is 1.87. The predicted molar refractivity (Wildman–Crippen MR) is 122 cm³/mol. The molecule has 0 atom stereocenters. The molecule has 0 unspecified atom stereocenters. The molecule has 3 aromatic rings. The first kappa shape index (κ1) is 19.9. The molecule has 1 heterocycles. The number of amides is 1. The molecular weight excluding hydrogens is 444 g/mol. The highest BCUT2D eigenvalue weighted by Gasteiger charge is 2.34. The maximum atomic E-state index is 13.4. The first-order chi connectivity index (χ1) is 14.6. The van der Waals surface area contributed by atoms with E-state index in [0.29, 0.717) is 23.0 Å². The van der Waals surface area contributed by atoms with Crippen LogP contribution in [0.25, 0.3) is 6.08 Å². The Bertz CT molecular complexity index is 1150. The molecule has 1 aliphatic rings. The van der Waals surface area contributed by atoms with Crippen LogP contribution in [0.2, 0.25) is 0 Å². The standard InChI is InChI=1S/C24H19BrN2O3/c1-29-21-9-5-3-7-16(21)15-20-24(28)27(18-13-11-17(25)12-14-18)23(26-20)19-8-4-6-10-22(19)30-2/h3-15H,1-2H3/b20-15+. The Kier molecular flexibility index (Phi) is 5.68. The van der Waals surface area contributed by atoms with Gasteiger partial charge in [0.1, 0.15) is 17.2 Å². The molecule has 0 N–H and O–H groups in total. The van der Waals surface area contributed by atoms with Crippen molar-refractivity contribution >= 4 is 39.4 Å². The van der Waals surface area contributed by atoms with Crippen LogP contribution in [-0.2, 0) is 4.79 Å². The molecule has 3 aromatic carbocycles. The number of anilines is 1. The van der Waals surface area contributed by atoms with E-state index in [1.165, 1.54) is 0 Å². The van der Waals surface area contributed by atoms with Crippen molar-refractivity contribution in [2.75, 3.05) is 19.1 Å². The first-order valence-electron chi connectivity index (χ1n) is 9.29. The Morgan fingerprint density at radius 2 is 1.50 bits per heavy atom. The summed E-state index contributed by atoms with van der Waals surface area (Å²) in [4.78, 5) is 19.7. The van der Waals surface area contributed by atoms with E-state index in [-0.39, 0.29) is 5.91 Å². The third-order valence-electron chi connectivity index (χ3n) is 4.72. The lowest BCUT2D eigenvalue weighted by Crippen LogP contribution is -2.32. The van der Waals surface area contributed by atoms with Gasteiger partial charge in [0.25, 0.3) is 5.91 Å². The maximum absolute atomic E-state index is 13.4. The number of hydrogen-bond donors (Lipinski definition) is 0. The van der Waals surface area contributed by atoms with Crippen molar-refractivity contribution in [1.29, 1.82) is 0 Å². The number of para-hydroxylation sites is 2. The summed E-state index contributed by atoms with van der Waals surface area (Å²) in [6.07, 6.45) is 1.75. The zero-order valence-corrected chi connectivity index (χ0v) is 18.1. The lowest BCUT2D eigenvalue weighted by atomic mass is 10.1. The molecular formula is C24H19BrN2O3. The summed E-state index contributed by atoms with van der Waals surface area (Å²) in [5.41, 5.74) is 2.56. The zero-order chi connectivity index (χ0) is 21.1. The topological polar surface area (TPSA) is 51.1 Å². The number of benzene rings is 3. The van der Waals surface area contributed by atoms with Crippen LogP contribution in [0.15, 0.2) is 88.0 Å². The second-order valence-corrected chi connectivity index (χ2v) is 7.44. The maximum Gasteiger partial charge on any atom is 0.282 e. The van der Waals surface area contributed by atoms with Crippen LogP contribution in [-0.4, -0.2) is 26.0 Å². The number of carbonyl (C=O) groups is 1. The monoisotopic (exact) mass is 462 g/mol. The van der Waals surface area contributed by atoms with E-state index < -0.39 is 0 Å². The van der Waals surface area contributed by atoms with E-state index >= 15 is 0 Å². The molecule has 1 aliphatic heterocycles. The zero-order valence-electron chi connectivity index (χ0n) is 16.5. The SMILES string of the molecule is COc1ccccc1/C=C1/N=C(c2ccccc2OC)N(c2ccc(Br)cc2)C1=O. The molecule has 4 rings (SSSR count). The van der Waals surface area contributed by atoms with Gasteiger partial charge in [0, 0.05) is 10.0 Å². The Hall–Kier alpha value is -3.38. The van der Waals surface area contributed by atoms with Gasteiger partial charge in [-0.3, -0.25) is 9.69 Å². The average Bonchev–Trinajstić information content (AvgIpc) is 3.10. The van der Waals surface area contributed by atoms with E-state index in [4.69, 9.17) is 14.5 Å². The number of hydrogen-bond acceptors (Lipinski definition) is 4. The summed E-state index contributed by atoms with van der Waals surface area (Å²) in [6, 6.07) is 22.6. The smallest absolute Gasteiger partial charge is 0.282 e. The van der Waals surface area contributed by atoms with Gasteiger partial charge < -0.3 is 9.47 Å². The number of amidine groups is 1. The van der Waals surface area contributed by atoms with Gasteiger partial charge in [0.2, 0.25) is 0 Å². The van der Waals surface area contributed by atoms with E-state index in [1.807, 2.05) is 72.8 Å². The molecule has 6 heteroatoms. The number of methoxy groups -OCH3 is 2. The molecule has 0 bridgehead atoms. The fraction of sp³-hybridized carbons (Fsp3) is 0.0833. The molecule has 0 saturated heterocycles. The minimum atomic E-state index is -0.218. The van der Waals surface area contributed by atoms with Gasteiger partial charge >= 0.3 is 0 Å². The molecule has 30 heavy (non-hydrogen) atoms. The van der Waals surface area contributed by atoms with Gasteiger partial charge in [0.05, 0.1) is 25.5 Å². The number of ether oxygens (including phenoxy) is 2. The molecule has 0 fully saturated rings. The number of rotatable bonds is 5. The van der Waals surface area contributed by atoms with E-state index in [2.05, 4.69) is 15.9 Å². The van der Waals surface area contributed by atoms with Gasteiger partial charge in [0.15, 0.2) is 5.84 Å². The van der Waals surface area contributed by atoms with Crippen molar-refractivity contribution in [3.05, 3.63) is 94.1 Å². The van der Waals surface area contributed by atoms with Crippen molar-refractivity contribution in [3.63, 3.8) is 0 Å². The molecule has 0 aliphatic carbocycles. The van der Waals surface area contributed by atoms with Gasteiger partial charge in [-0.2, -0.15) is 0 Å². The second-order valence-electron chi connectivity index (χ2n) is 6.52. The second kappa shape index (κ2) is 8.55. The number of carbonyl (C=O) groups excluding carboxylic acids is 1. The van der Waals surface area contributed by atoms with Crippen LogP contribution in [0.4, 0.5) is 5.69 Å². The number of halogens is 1. The molecule has 1 amide bonds. The van der Waals surface area contributed by atoms with Crippen LogP contribution in [0.3, 0.4) is 0 Å². The largest absolute Gasteiger partial charge is 0.496 e. The fourth-order valence-electron chi connectivity index (χ4n) is 3.29. The molecule has 150 valence electrons. The van der Waals surface area contributed by atoms with Crippen LogP contribution in [0, 0.1) is 0 Å². The van der Waals surface area contributed by atoms with Crippen LogP contribution < -0.4 is 14.4 Å². The van der Waals surface area contributed by atoms with Crippen molar-refractivity contribution in [3.8, 4) is 11.5 Å². The van der Waals surface area contributed by atoms with Gasteiger partial charge in [-0.25, -0.2) is 4.99 Å². The molecule has 0 aromatic heterocycles. The lowest BCUT2D eigenvalue weighted by molar-refractivity contribution is -0.113. The van der Waals surface area contributed by atoms with Crippen LogP contribution in [0.5, 0.6) is 11.5 Å². The minimum absolute atomic E-state index is 0.218. The number of aliphatic imine (C=N–C) groups is 1. The van der Waals surface area contributed by atoms with E-state index in [1.54, 1.807) is 25.2 Å². The normalized spacial score (nSPS) is 14.8. The first-order valence-corrected chi connectivity index (χ1v) is 10.1. The van der Waals surface area contributed by atoms with E-state index in [9.17, 15) is 4.79 Å². The van der Waals surface area contributed by atoms with Gasteiger partial charge in [-0.1, -0.05) is 46.3 Å². The Morgan fingerprint density at radius 1 is 0.867 bits per heavy atom. The number of nitrogens with zero attached hydrogens (tertiary/aromatic N) is 2. The molecule has 0 radical (unpaired) electrons. The van der Waals surface area contributed by atoms with Crippen molar-refractivity contribution in [2.45, 2.75) is 0 Å². The molecule has 0 spiro atoms. The van der Waals surface area contributed by atoms with Crippen molar-refractivity contribution in [1.82, 2.24) is 0 Å². The lowest BCUT2D eigenvalue weighted by Gasteiger charge is -2.20. The van der Waals surface area contributed by atoms with Crippen molar-refractivity contribution < 1.29 is 14.3 Å². The average molecular weight is 463 g/mol. The molecule has 0 saturated carbocycles.